The molecule has 0 saturated heterocycles. The first-order chi connectivity index (χ1) is 19.7. The van der Waals surface area contributed by atoms with Gasteiger partial charge in [0.1, 0.15) is 11.4 Å². The number of rotatable bonds is 6. The van der Waals surface area contributed by atoms with Gasteiger partial charge < -0.3 is 4.74 Å². The second-order valence-corrected chi connectivity index (χ2v) is 10.6. The minimum atomic E-state index is 0.675. The van der Waals surface area contributed by atoms with Crippen molar-refractivity contribution in [2.45, 2.75) is 0 Å². The fourth-order valence-electron chi connectivity index (χ4n) is 4.67. The van der Waals surface area contributed by atoms with Crippen LogP contribution in [-0.4, -0.2) is 31.7 Å². The number of para-hydroxylation sites is 1. The summed E-state index contributed by atoms with van der Waals surface area (Å²) in [6, 6.07) is 36.0. The van der Waals surface area contributed by atoms with Crippen LogP contribution < -0.4 is 4.74 Å². The minimum absolute atomic E-state index is 0.675. The van der Waals surface area contributed by atoms with Gasteiger partial charge in [0, 0.05) is 27.9 Å². The number of hydrogen-bond acceptors (Lipinski definition) is 5. The fourth-order valence-corrected chi connectivity index (χ4v) is 5.76. The lowest BCUT2D eigenvalue weighted by atomic mass is 10.0. The van der Waals surface area contributed by atoms with Gasteiger partial charge in [0.05, 0.1) is 34.4 Å². The van der Waals surface area contributed by atoms with Gasteiger partial charge in [-0.1, -0.05) is 83.6 Å². The van der Waals surface area contributed by atoms with Gasteiger partial charge in [0.2, 0.25) is 5.13 Å². The van der Waals surface area contributed by atoms with Crippen LogP contribution in [0.4, 0.5) is 0 Å². The van der Waals surface area contributed by atoms with Crippen molar-refractivity contribution in [3.05, 3.63) is 120 Å². The molecule has 0 saturated carbocycles. The molecule has 0 bridgehead atoms. The van der Waals surface area contributed by atoms with Gasteiger partial charge in [-0.3, -0.25) is 0 Å². The van der Waals surface area contributed by atoms with Crippen LogP contribution >= 0.6 is 22.9 Å². The second kappa shape index (κ2) is 10.1. The van der Waals surface area contributed by atoms with Crippen LogP contribution in [0.15, 0.2) is 115 Å². The van der Waals surface area contributed by atoms with Crippen molar-refractivity contribution in [2.24, 2.45) is 0 Å². The topological polar surface area (TPSA) is 57.8 Å². The molecule has 0 unspecified atom stereocenters. The van der Waals surface area contributed by atoms with E-state index in [2.05, 4.69) is 24.4 Å². The van der Waals surface area contributed by atoms with E-state index in [1.54, 1.807) is 18.4 Å². The molecule has 0 radical (unpaired) electrons. The van der Waals surface area contributed by atoms with Crippen LogP contribution in [0.25, 0.3) is 54.8 Å². The molecular weight excluding hydrogens is 538 g/mol. The van der Waals surface area contributed by atoms with Gasteiger partial charge in [0.15, 0.2) is 0 Å². The summed E-state index contributed by atoms with van der Waals surface area (Å²) < 4.78 is 10.3. The minimum Gasteiger partial charge on any atom is -0.497 e. The van der Waals surface area contributed by atoms with Crippen molar-refractivity contribution in [1.82, 2.24) is 24.5 Å². The molecule has 6 nitrogen and oxygen atoms in total. The van der Waals surface area contributed by atoms with E-state index in [0.29, 0.717) is 5.02 Å². The summed E-state index contributed by atoms with van der Waals surface area (Å²) in [4.78, 5) is 4.95. The molecule has 194 valence electrons. The number of benzene rings is 4. The Morgan fingerprint density at radius 1 is 0.775 bits per heavy atom. The normalized spacial score (nSPS) is 11.2. The molecule has 4 aromatic carbocycles. The maximum absolute atomic E-state index is 6.24. The van der Waals surface area contributed by atoms with Crippen LogP contribution in [0.2, 0.25) is 5.02 Å². The van der Waals surface area contributed by atoms with E-state index in [9.17, 15) is 0 Å². The zero-order valence-corrected chi connectivity index (χ0v) is 23.0. The molecule has 0 aliphatic heterocycles. The number of methoxy groups -OCH3 is 1. The Morgan fingerprint density at radius 2 is 1.52 bits per heavy atom. The number of thiazole rings is 1. The second-order valence-electron chi connectivity index (χ2n) is 9.20. The molecule has 0 amide bonds. The van der Waals surface area contributed by atoms with Crippen molar-refractivity contribution in [3.63, 3.8) is 0 Å². The van der Waals surface area contributed by atoms with Crippen molar-refractivity contribution >= 4 is 33.2 Å². The van der Waals surface area contributed by atoms with Crippen molar-refractivity contribution in [1.29, 1.82) is 0 Å². The molecule has 0 spiro atoms. The Morgan fingerprint density at radius 3 is 2.27 bits per heavy atom. The molecular formula is C32H22ClN5OS. The highest BCUT2D eigenvalue weighted by Gasteiger charge is 2.22. The standard InChI is InChI=1S/C32H22ClN5OS/c1-39-25-16-17-27-30(18-25)40-32(34-27)38-29(19-28(35-38)21-8-4-2-5-9-21)26-20-37(24-10-6-3-7-11-24)36-31(26)22-12-14-23(33)15-13-22/h2-20H,1H3. The third kappa shape index (κ3) is 4.45. The van der Waals surface area contributed by atoms with Gasteiger partial charge in [-0.05, 0) is 48.5 Å². The SMILES string of the molecule is COc1ccc2nc(-n3nc(-c4ccccc4)cc3-c3cn(-c4ccccc4)nc3-c3ccc(Cl)cc3)sc2c1. The fraction of sp³-hybridized carbons (Fsp3) is 0.0312. The predicted molar refractivity (Wildman–Crippen MR) is 162 cm³/mol. The van der Waals surface area contributed by atoms with Crippen LogP contribution in [0.5, 0.6) is 5.75 Å². The molecule has 40 heavy (non-hydrogen) atoms. The van der Waals surface area contributed by atoms with Gasteiger partial charge >= 0.3 is 0 Å². The van der Waals surface area contributed by atoms with Crippen LogP contribution in [-0.2, 0) is 0 Å². The van der Waals surface area contributed by atoms with Gasteiger partial charge in [0.25, 0.3) is 0 Å². The maximum atomic E-state index is 6.24. The van der Waals surface area contributed by atoms with Gasteiger partial charge in [-0.2, -0.15) is 10.2 Å². The number of ether oxygens (including phenoxy) is 1. The summed E-state index contributed by atoms with van der Waals surface area (Å²) in [6.07, 6.45) is 2.05. The molecule has 7 rings (SSSR count). The lowest BCUT2D eigenvalue weighted by molar-refractivity contribution is 0.415. The van der Waals surface area contributed by atoms with Crippen molar-refractivity contribution in [3.8, 4) is 50.3 Å². The zero-order chi connectivity index (χ0) is 27.1. The first kappa shape index (κ1) is 24.3. The molecule has 3 aromatic heterocycles. The van der Waals surface area contributed by atoms with Crippen molar-refractivity contribution in [2.75, 3.05) is 7.11 Å². The zero-order valence-electron chi connectivity index (χ0n) is 21.4. The monoisotopic (exact) mass is 559 g/mol. The highest BCUT2D eigenvalue weighted by Crippen LogP contribution is 2.38. The largest absolute Gasteiger partial charge is 0.497 e. The molecule has 0 aliphatic carbocycles. The van der Waals surface area contributed by atoms with Crippen LogP contribution in [0, 0.1) is 0 Å². The summed E-state index contributed by atoms with van der Waals surface area (Å²) in [7, 11) is 1.67. The molecule has 0 aliphatic rings. The van der Waals surface area contributed by atoms with E-state index in [0.717, 1.165) is 60.6 Å². The Balaban J connectivity index is 1.47. The molecule has 0 atom stereocenters. The maximum Gasteiger partial charge on any atom is 0.212 e. The van der Waals surface area contributed by atoms with E-state index in [-0.39, 0.29) is 0 Å². The Labute approximate surface area is 239 Å². The lowest BCUT2D eigenvalue weighted by Gasteiger charge is -2.05. The van der Waals surface area contributed by atoms with E-state index in [4.69, 9.17) is 31.5 Å². The first-order valence-electron chi connectivity index (χ1n) is 12.7. The number of nitrogens with zero attached hydrogens (tertiary/aromatic N) is 5. The number of fused-ring (bicyclic) bond motifs is 1. The molecule has 3 heterocycles. The van der Waals surface area contributed by atoms with Gasteiger partial charge in [-0.25, -0.2) is 14.3 Å². The third-order valence-corrected chi connectivity index (χ3v) is 7.92. The van der Waals surface area contributed by atoms with E-state index < -0.39 is 0 Å². The van der Waals surface area contributed by atoms with E-state index >= 15 is 0 Å². The predicted octanol–water partition coefficient (Wildman–Crippen LogP) is 8.33. The molecule has 8 heteroatoms. The average molecular weight is 560 g/mol. The summed E-state index contributed by atoms with van der Waals surface area (Å²) >= 11 is 7.81. The lowest BCUT2D eigenvalue weighted by Crippen LogP contribution is -1.99. The smallest absolute Gasteiger partial charge is 0.212 e. The summed E-state index contributed by atoms with van der Waals surface area (Å²) in [6.45, 7) is 0. The van der Waals surface area contributed by atoms with E-state index in [1.807, 2.05) is 100 Å². The quantitative estimate of drug-likeness (QED) is 0.205. The molecule has 7 aromatic rings. The molecule has 0 N–H and O–H groups in total. The Bertz CT molecular complexity index is 1940. The highest BCUT2D eigenvalue weighted by atomic mass is 35.5. The van der Waals surface area contributed by atoms with Crippen molar-refractivity contribution < 1.29 is 4.74 Å². The van der Waals surface area contributed by atoms with Gasteiger partial charge in [-0.15, -0.1) is 0 Å². The summed E-state index contributed by atoms with van der Waals surface area (Å²) in [5.41, 5.74) is 7.32. The Hall–Kier alpha value is -4.72. The number of halogens is 1. The number of aromatic nitrogens is 5. The first-order valence-corrected chi connectivity index (χ1v) is 13.9. The summed E-state index contributed by atoms with van der Waals surface area (Å²) in [5, 5.41) is 11.5. The average Bonchev–Trinajstić information content (AvgIpc) is 3.74. The number of hydrogen-bond donors (Lipinski definition) is 0. The third-order valence-electron chi connectivity index (χ3n) is 6.67. The van der Waals surface area contributed by atoms with E-state index in [1.165, 1.54) is 0 Å². The van der Waals surface area contributed by atoms with Crippen LogP contribution in [0.3, 0.4) is 0 Å². The molecule has 0 fully saturated rings. The van der Waals surface area contributed by atoms with Crippen LogP contribution in [0.1, 0.15) is 0 Å². The highest BCUT2D eigenvalue weighted by molar-refractivity contribution is 7.20. The summed E-state index contributed by atoms with van der Waals surface area (Å²) in [5.74, 6) is 0.794. The Kier molecular flexibility index (Phi) is 6.15.